The molecule has 17 heavy (non-hydrogen) atoms. The monoisotopic (exact) mass is 246 g/mol. The molecule has 0 aromatic heterocycles. The van der Waals surface area contributed by atoms with Crippen molar-refractivity contribution >= 4 is 5.78 Å². The molecule has 5 nitrogen and oxygen atoms in total. The summed E-state index contributed by atoms with van der Waals surface area (Å²) in [6, 6.07) is 0. The molecule has 0 aliphatic heterocycles. The Hall–Kier alpha value is -0.490. The average molecular weight is 246 g/mol. The molecule has 0 fully saturated rings. The predicted octanol–water partition coefficient (Wildman–Crippen LogP) is 0.313. The van der Waals surface area contributed by atoms with Crippen LogP contribution in [0.25, 0.3) is 0 Å². The molecule has 0 aliphatic rings. The molecule has 0 unspecified atom stereocenters. The smallest absolute Gasteiger partial charge is 0.138 e. The van der Waals surface area contributed by atoms with Crippen molar-refractivity contribution in [3.05, 3.63) is 0 Å². The van der Waals surface area contributed by atoms with Gasteiger partial charge >= 0.3 is 0 Å². The first kappa shape index (κ1) is 16.5. The number of hydrogen-bond acceptors (Lipinski definition) is 5. The van der Waals surface area contributed by atoms with Crippen molar-refractivity contribution in [3.8, 4) is 0 Å². The van der Waals surface area contributed by atoms with E-state index in [1.807, 2.05) is 0 Å². The number of rotatable bonds is 12. The summed E-state index contributed by atoms with van der Waals surface area (Å²) in [6.07, 6.45) is 2.24. The minimum Gasteiger partial charge on any atom is -0.379 e. The van der Waals surface area contributed by atoms with Gasteiger partial charge < -0.3 is 20.9 Å². The standard InChI is InChI=1S/C12H26N2O3/c1-2-5-16-7-8-17-6-3-4-12(15)11(9-13)10-14/h11H,2-10,13-14H2,1H3. The van der Waals surface area contributed by atoms with Crippen LogP contribution >= 0.6 is 0 Å². The van der Waals surface area contributed by atoms with Crippen LogP contribution in [0.15, 0.2) is 0 Å². The fourth-order valence-corrected chi connectivity index (χ4v) is 1.38. The number of ether oxygens (including phenoxy) is 2. The topological polar surface area (TPSA) is 87.6 Å². The highest BCUT2D eigenvalue weighted by Gasteiger charge is 2.13. The molecule has 0 aromatic rings. The van der Waals surface area contributed by atoms with Gasteiger partial charge in [0.15, 0.2) is 0 Å². The van der Waals surface area contributed by atoms with Crippen LogP contribution in [-0.4, -0.2) is 45.3 Å². The van der Waals surface area contributed by atoms with Crippen molar-refractivity contribution in [2.75, 3.05) is 39.5 Å². The molecule has 0 spiro atoms. The van der Waals surface area contributed by atoms with Crippen molar-refractivity contribution in [2.45, 2.75) is 26.2 Å². The third kappa shape index (κ3) is 9.23. The zero-order chi connectivity index (χ0) is 12.9. The largest absolute Gasteiger partial charge is 0.379 e. The molecule has 0 bridgehead atoms. The van der Waals surface area contributed by atoms with Crippen LogP contribution in [-0.2, 0) is 14.3 Å². The van der Waals surface area contributed by atoms with Crippen LogP contribution in [0.4, 0.5) is 0 Å². The lowest BCUT2D eigenvalue weighted by Gasteiger charge is -2.10. The average Bonchev–Trinajstić information content (AvgIpc) is 2.34. The Morgan fingerprint density at radius 3 is 2.18 bits per heavy atom. The third-order valence-electron chi connectivity index (χ3n) is 2.46. The van der Waals surface area contributed by atoms with Gasteiger partial charge in [0.05, 0.1) is 13.2 Å². The maximum atomic E-state index is 11.5. The van der Waals surface area contributed by atoms with Gasteiger partial charge in [0.1, 0.15) is 5.78 Å². The van der Waals surface area contributed by atoms with E-state index < -0.39 is 0 Å². The zero-order valence-electron chi connectivity index (χ0n) is 10.8. The van der Waals surface area contributed by atoms with Gasteiger partial charge in [-0.05, 0) is 12.8 Å². The summed E-state index contributed by atoms with van der Waals surface area (Å²) in [7, 11) is 0. The lowest BCUT2D eigenvalue weighted by molar-refractivity contribution is -0.122. The van der Waals surface area contributed by atoms with Crippen LogP contribution in [0.5, 0.6) is 0 Å². The van der Waals surface area contributed by atoms with E-state index in [2.05, 4.69) is 6.92 Å². The number of nitrogens with two attached hydrogens (primary N) is 2. The maximum Gasteiger partial charge on any atom is 0.138 e. The SMILES string of the molecule is CCCOCCOCCCC(=O)C(CN)CN. The molecule has 0 rings (SSSR count). The second-order valence-electron chi connectivity index (χ2n) is 3.96. The van der Waals surface area contributed by atoms with Gasteiger partial charge in [-0.1, -0.05) is 6.92 Å². The molecule has 4 N–H and O–H groups in total. The Morgan fingerprint density at radius 1 is 1.06 bits per heavy atom. The molecule has 0 aliphatic carbocycles. The summed E-state index contributed by atoms with van der Waals surface area (Å²) >= 11 is 0. The number of ketones is 1. The molecule has 102 valence electrons. The molecule has 0 atom stereocenters. The second kappa shape index (κ2) is 12.0. The van der Waals surface area contributed by atoms with Crippen LogP contribution in [0, 0.1) is 5.92 Å². The molecule has 0 heterocycles. The Bertz CT molecular complexity index is 185. The summed E-state index contributed by atoms with van der Waals surface area (Å²) in [5.74, 6) is -0.0521. The van der Waals surface area contributed by atoms with Crippen molar-refractivity contribution in [1.29, 1.82) is 0 Å². The van der Waals surface area contributed by atoms with E-state index in [1.165, 1.54) is 0 Å². The summed E-state index contributed by atoms with van der Waals surface area (Å²) in [5, 5.41) is 0. The Morgan fingerprint density at radius 2 is 1.65 bits per heavy atom. The fraction of sp³-hybridized carbons (Fsp3) is 0.917. The van der Waals surface area contributed by atoms with Crippen molar-refractivity contribution in [2.24, 2.45) is 17.4 Å². The van der Waals surface area contributed by atoms with Gasteiger partial charge in [-0.15, -0.1) is 0 Å². The minimum absolute atomic E-state index is 0.140. The van der Waals surface area contributed by atoms with Gasteiger partial charge in [0.25, 0.3) is 0 Å². The zero-order valence-corrected chi connectivity index (χ0v) is 10.8. The maximum absolute atomic E-state index is 11.5. The van der Waals surface area contributed by atoms with Crippen LogP contribution in [0.3, 0.4) is 0 Å². The highest BCUT2D eigenvalue weighted by molar-refractivity contribution is 5.81. The fourth-order valence-electron chi connectivity index (χ4n) is 1.38. The Balaban J connectivity index is 3.30. The number of carbonyl (C=O) groups is 1. The van der Waals surface area contributed by atoms with Crippen molar-refractivity contribution in [1.82, 2.24) is 0 Å². The first-order valence-electron chi connectivity index (χ1n) is 6.34. The van der Waals surface area contributed by atoms with E-state index >= 15 is 0 Å². The number of carbonyl (C=O) groups excluding carboxylic acids is 1. The van der Waals surface area contributed by atoms with Gasteiger partial charge in [-0.3, -0.25) is 4.79 Å². The van der Waals surface area contributed by atoms with Gasteiger partial charge in [-0.2, -0.15) is 0 Å². The van der Waals surface area contributed by atoms with Crippen molar-refractivity contribution in [3.63, 3.8) is 0 Å². The summed E-state index contributed by atoms with van der Waals surface area (Å²) < 4.78 is 10.6. The molecule has 5 heteroatoms. The highest BCUT2D eigenvalue weighted by Crippen LogP contribution is 2.01. The van der Waals surface area contributed by atoms with Gasteiger partial charge in [0, 0.05) is 38.6 Å². The normalized spacial score (nSPS) is 11.1. The highest BCUT2D eigenvalue weighted by atomic mass is 16.5. The Labute approximate surface area is 104 Å². The van der Waals surface area contributed by atoms with E-state index in [-0.39, 0.29) is 11.7 Å². The lowest BCUT2D eigenvalue weighted by atomic mass is 10.0. The van der Waals surface area contributed by atoms with E-state index in [4.69, 9.17) is 20.9 Å². The molecular formula is C12H26N2O3. The van der Waals surface area contributed by atoms with Gasteiger partial charge in [-0.25, -0.2) is 0 Å². The van der Waals surface area contributed by atoms with E-state index in [0.29, 0.717) is 39.3 Å². The van der Waals surface area contributed by atoms with Crippen molar-refractivity contribution < 1.29 is 14.3 Å². The summed E-state index contributed by atoms with van der Waals surface area (Å²) in [4.78, 5) is 11.5. The van der Waals surface area contributed by atoms with Crippen LogP contribution < -0.4 is 11.5 Å². The third-order valence-corrected chi connectivity index (χ3v) is 2.46. The van der Waals surface area contributed by atoms with E-state index in [1.54, 1.807) is 0 Å². The minimum atomic E-state index is -0.192. The number of hydrogen-bond donors (Lipinski definition) is 2. The number of Topliss-reactive ketones (excluding diaryl/α,β-unsaturated/α-hetero) is 1. The molecule has 0 radical (unpaired) electrons. The van der Waals surface area contributed by atoms with E-state index in [0.717, 1.165) is 19.4 Å². The molecule has 0 saturated heterocycles. The van der Waals surface area contributed by atoms with Gasteiger partial charge in [0.2, 0.25) is 0 Å². The van der Waals surface area contributed by atoms with E-state index in [9.17, 15) is 4.79 Å². The summed E-state index contributed by atoms with van der Waals surface area (Å²) in [5.41, 5.74) is 10.9. The predicted molar refractivity (Wildman–Crippen MR) is 67.8 cm³/mol. The van der Waals surface area contributed by atoms with Crippen LogP contribution in [0.2, 0.25) is 0 Å². The quantitative estimate of drug-likeness (QED) is 0.484. The molecule has 0 aromatic carbocycles. The molecular weight excluding hydrogens is 220 g/mol. The van der Waals surface area contributed by atoms with Crippen LogP contribution in [0.1, 0.15) is 26.2 Å². The molecule has 0 amide bonds. The Kier molecular flexibility index (Phi) is 11.6. The summed E-state index contributed by atoms with van der Waals surface area (Å²) in [6.45, 7) is 5.31. The molecule has 0 saturated carbocycles. The lowest BCUT2D eigenvalue weighted by Crippen LogP contribution is -2.30. The second-order valence-corrected chi connectivity index (χ2v) is 3.96. The first-order valence-corrected chi connectivity index (χ1v) is 6.34. The first-order chi connectivity index (χ1) is 8.26.